The largest absolute Gasteiger partial charge is 0.333 e. The number of rotatable bonds is 4. The monoisotopic (exact) mass is 243 g/mol. The molecule has 0 amide bonds. The zero-order valence-electron chi connectivity index (χ0n) is 8.16. The van der Waals surface area contributed by atoms with E-state index in [1.165, 1.54) is 11.3 Å². The Balaban J connectivity index is 2.17. The number of aromatic nitrogens is 2. The standard InChI is InChI=1S/C9H10ClN3OS/c1-2-11-5-7-12-9(14-13-7)8-6(10)3-4-15-8/h3-4,11H,2,5H2,1H3. The van der Waals surface area contributed by atoms with Crippen molar-refractivity contribution >= 4 is 22.9 Å². The quantitative estimate of drug-likeness (QED) is 0.897. The second-order valence-corrected chi connectivity index (χ2v) is 4.22. The van der Waals surface area contributed by atoms with Gasteiger partial charge < -0.3 is 9.84 Å². The van der Waals surface area contributed by atoms with Gasteiger partial charge in [-0.15, -0.1) is 11.3 Å². The summed E-state index contributed by atoms with van der Waals surface area (Å²) in [6.07, 6.45) is 0. The molecule has 0 radical (unpaired) electrons. The summed E-state index contributed by atoms with van der Waals surface area (Å²) >= 11 is 7.45. The molecule has 2 rings (SSSR count). The molecule has 2 aromatic rings. The highest BCUT2D eigenvalue weighted by Gasteiger charge is 2.12. The third kappa shape index (κ3) is 2.37. The minimum Gasteiger partial charge on any atom is -0.333 e. The van der Waals surface area contributed by atoms with Crippen LogP contribution in [0, 0.1) is 0 Å². The van der Waals surface area contributed by atoms with Crippen LogP contribution in [0.25, 0.3) is 10.8 Å². The Morgan fingerprint density at radius 1 is 1.60 bits per heavy atom. The highest BCUT2D eigenvalue weighted by atomic mass is 35.5. The van der Waals surface area contributed by atoms with E-state index in [2.05, 4.69) is 15.5 Å². The second-order valence-electron chi connectivity index (χ2n) is 2.89. The van der Waals surface area contributed by atoms with Crippen LogP contribution in [0.15, 0.2) is 16.0 Å². The van der Waals surface area contributed by atoms with Crippen molar-refractivity contribution in [3.8, 4) is 10.8 Å². The van der Waals surface area contributed by atoms with Crippen LogP contribution in [0.4, 0.5) is 0 Å². The molecule has 4 nitrogen and oxygen atoms in total. The lowest BCUT2D eigenvalue weighted by molar-refractivity contribution is 0.420. The van der Waals surface area contributed by atoms with Crippen LogP contribution >= 0.6 is 22.9 Å². The van der Waals surface area contributed by atoms with Crippen LogP contribution in [-0.2, 0) is 6.54 Å². The summed E-state index contributed by atoms with van der Waals surface area (Å²) in [7, 11) is 0. The zero-order chi connectivity index (χ0) is 10.7. The summed E-state index contributed by atoms with van der Waals surface area (Å²) < 4.78 is 5.11. The minimum absolute atomic E-state index is 0.489. The smallest absolute Gasteiger partial charge is 0.269 e. The fourth-order valence-electron chi connectivity index (χ4n) is 1.10. The lowest BCUT2D eigenvalue weighted by Crippen LogP contribution is -2.12. The first kappa shape index (κ1) is 10.6. The first-order chi connectivity index (χ1) is 7.31. The highest BCUT2D eigenvalue weighted by Crippen LogP contribution is 2.31. The van der Waals surface area contributed by atoms with Crippen molar-refractivity contribution in [3.05, 3.63) is 22.3 Å². The fraction of sp³-hybridized carbons (Fsp3) is 0.333. The fourth-order valence-corrected chi connectivity index (χ4v) is 2.16. The van der Waals surface area contributed by atoms with Crippen molar-refractivity contribution in [2.75, 3.05) is 6.54 Å². The molecular formula is C9H10ClN3OS. The summed E-state index contributed by atoms with van der Waals surface area (Å²) in [5.41, 5.74) is 0. The molecule has 1 N–H and O–H groups in total. The Morgan fingerprint density at radius 3 is 3.13 bits per heavy atom. The van der Waals surface area contributed by atoms with Crippen molar-refractivity contribution in [1.82, 2.24) is 15.5 Å². The van der Waals surface area contributed by atoms with E-state index in [1.807, 2.05) is 18.4 Å². The highest BCUT2D eigenvalue weighted by molar-refractivity contribution is 7.14. The molecule has 2 heterocycles. The van der Waals surface area contributed by atoms with Gasteiger partial charge in [-0.25, -0.2) is 0 Å². The normalized spacial score (nSPS) is 10.8. The number of halogens is 1. The Bertz CT molecular complexity index is 440. The molecule has 2 aromatic heterocycles. The second kappa shape index (κ2) is 4.74. The van der Waals surface area contributed by atoms with Gasteiger partial charge in [0.25, 0.3) is 5.89 Å². The number of nitrogens with zero attached hydrogens (tertiary/aromatic N) is 2. The number of thiophene rings is 1. The lowest BCUT2D eigenvalue weighted by atomic mass is 10.4. The van der Waals surface area contributed by atoms with Crippen LogP contribution < -0.4 is 5.32 Å². The molecule has 0 bridgehead atoms. The van der Waals surface area contributed by atoms with Crippen LogP contribution in [-0.4, -0.2) is 16.7 Å². The molecule has 0 aliphatic heterocycles. The van der Waals surface area contributed by atoms with Crippen molar-refractivity contribution in [1.29, 1.82) is 0 Å². The van der Waals surface area contributed by atoms with Crippen molar-refractivity contribution in [3.63, 3.8) is 0 Å². The van der Waals surface area contributed by atoms with Gasteiger partial charge in [-0.1, -0.05) is 23.7 Å². The van der Waals surface area contributed by atoms with Gasteiger partial charge in [0.2, 0.25) is 0 Å². The van der Waals surface area contributed by atoms with Gasteiger partial charge in [0.15, 0.2) is 5.82 Å². The zero-order valence-corrected chi connectivity index (χ0v) is 9.73. The van der Waals surface area contributed by atoms with Crippen LogP contribution in [0.3, 0.4) is 0 Å². The first-order valence-electron chi connectivity index (χ1n) is 4.58. The van der Waals surface area contributed by atoms with Crippen molar-refractivity contribution in [2.45, 2.75) is 13.5 Å². The molecule has 0 unspecified atom stereocenters. The molecular weight excluding hydrogens is 234 g/mol. The van der Waals surface area contributed by atoms with E-state index in [0.717, 1.165) is 11.4 Å². The molecule has 0 aliphatic carbocycles. The average molecular weight is 244 g/mol. The average Bonchev–Trinajstić information content (AvgIpc) is 2.83. The van der Waals surface area contributed by atoms with Gasteiger partial charge in [-0.05, 0) is 18.0 Å². The maximum absolute atomic E-state index is 5.95. The molecule has 0 aromatic carbocycles. The van der Waals surface area contributed by atoms with Crippen molar-refractivity contribution < 1.29 is 4.52 Å². The maximum Gasteiger partial charge on any atom is 0.269 e. The Morgan fingerprint density at radius 2 is 2.47 bits per heavy atom. The van der Waals surface area contributed by atoms with Gasteiger partial charge >= 0.3 is 0 Å². The third-order valence-corrected chi connectivity index (χ3v) is 3.14. The molecule has 6 heteroatoms. The van der Waals surface area contributed by atoms with E-state index < -0.39 is 0 Å². The predicted molar refractivity (Wildman–Crippen MR) is 60.0 cm³/mol. The topological polar surface area (TPSA) is 51.0 Å². The van der Waals surface area contributed by atoms with Crippen LogP contribution in [0.5, 0.6) is 0 Å². The van der Waals surface area contributed by atoms with E-state index in [0.29, 0.717) is 23.3 Å². The molecule has 0 fully saturated rings. The molecule has 0 spiro atoms. The van der Waals surface area contributed by atoms with Crippen LogP contribution in [0.2, 0.25) is 5.02 Å². The van der Waals surface area contributed by atoms with E-state index in [9.17, 15) is 0 Å². The summed E-state index contributed by atoms with van der Waals surface area (Å²) in [6, 6.07) is 1.82. The van der Waals surface area contributed by atoms with Gasteiger partial charge in [0, 0.05) is 0 Å². The summed E-state index contributed by atoms with van der Waals surface area (Å²) in [5, 5.41) is 9.52. The Labute approximate surface area is 96.3 Å². The number of nitrogens with one attached hydrogen (secondary N) is 1. The van der Waals surface area contributed by atoms with Gasteiger partial charge in [-0.2, -0.15) is 4.98 Å². The van der Waals surface area contributed by atoms with Crippen molar-refractivity contribution in [2.24, 2.45) is 0 Å². The first-order valence-corrected chi connectivity index (χ1v) is 5.83. The molecule has 15 heavy (non-hydrogen) atoms. The third-order valence-electron chi connectivity index (χ3n) is 1.81. The molecule has 0 saturated carbocycles. The van der Waals surface area contributed by atoms with Gasteiger partial charge in [-0.3, -0.25) is 0 Å². The lowest BCUT2D eigenvalue weighted by Gasteiger charge is -1.92. The molecule has 0 aliphatic rings. The number of hydrogen-bond donors (Lipinski definition) is 1. The summed E-state index contributed by atoms with van der Waals surface area (Å²) in [6.45, 7) is 3.52. The summed E-state index contributed by atoms with van der Waals surface area (Å²) in [4.78, 5) is 5.06. The summed E-state index contributed by atoms with van der Waals surface area (Å²) in [5.74, 6) is 1.14. The van der Waals surface area contributed by atoms with Gasteiger partial charge in [0.05, 0.1) is 11.6 Å². The minimum atomic E-state index is 0.489. The van der Waals surface area contributed by atoms with E-state index in [1.54, 1.807) is 0 Å². The molecule has 0 saturated heterocycles. The predicted octanol–water partition coefficient (Wildman–Crippen LogP) is 2.56. The van der Waals surface area contributed by atoms with E-state index >= 15 is 0 Å². The van der Waals surface area contributed by atoms with E-state index in [-0.39, 0.29) is 0 Å². The Hall–Kier alpha value is -0.910. The Kier molecular flexibility index (Phi) is 3.35. The van der Waals surface area contributed by atoms with Gasteiger partial charge in [0.1, 0.15) is 4.88 Å². The SMILES string of the molecule is CCNCc1noc(-c2sccc2Cl)n1. The number of hydrogen-bond acceptors (Lipinski definition) is 5. The van der Waals surface area contributed by atoms with E-state index in [4.69, 9.17) is 16.1 Å². The maximum atomic E-state index is 5.95. The molecule has 0 atom stereocenters. The van der Waals surface area contributed by atoms with Crippen LogP contribution in [0.1, 0.15) is 12.7 Å². The molecule has 80 valence electrons.